The summed E-state index contributed by atoms with van der Waals surface area (Å²) in [4.78, 5) is 0. The van der Waals surface area contributed by atoms with Gasteiger partial charge < -0.3 is 14.6 Å². The smallest absolute Gasteiger partial charge is 0.154 e. The van der Waals surface area contributed by atoms with Crippen molar-refractivity contribution in [3.63, 3.8) is 0 Å². The van der Waals surface area contributed by atoms with Gasteiger partial charge in [-0.25, -0.2) is 0 Å². The summed E-state index contributed by atoms with van der Waals surface area (Å²) in [6.07, 6.45) is 0.980. The summed E-state index contributed by atoms with van der Waals surface area (Å²) in [5, 5.41) is 9.81. The van der Waals surface area contributed by atoms with Gasteiger partial charge in [0.15, 0.2) is 6.29 Å². The van der Waals surface area contributed by atoms with Crippen LogP contribution < -0.4 is 0 Å². The van der Waals surface area contributed by atoms with Gasteiger partial charge in [-0.3, -0.25) is 0 Å². The highest BCUT2D eigenvalue weighted by atomic mass is 28.3. The molecule has 0 aromatic rings. The average molecular weight is 286 g/mol. The standard InChI is InChI=1S/C15H30O3Si/c1-7-17-14(3)18-12-13(2)8-9-15(16)10-11-19(4,5)6/h13-16H,7-9,12H2,1-6H3/t13-,14?,15-/m0/s1. The summed E-state index contributed by atoms with van der Waals surface area (Å²) in [6, 6.07) is 0. The molecule has 0 rings (SSSR count). The second-order valence-corrected chi connectivity index (χ2v) is 10.8. The number of rotatable bonds is 8. The Morgan fingerprint density at radius 1 is 1.11 bits per heavy atom. The summed E-state index contributed by atoms with van der Waals surface area (Å²) in [5.74, 6) is 3.37. The summed E-state index contributed by atoms with van der Waals surface area (Å²) < 4.78 is 10.9. The van der Waals surface area contributed by atoms with Gasteiger partial charge in [-0.1, -0.05) is 32.5 Å². The van der Waals surface area contributed by atoms with Crippen molar-refractivity contribution in [1.29, 1.82) is 0 Å². The lowest BCUT2D eigenvalue weighted by Gasteiger charge is -2.17. The van der Waals surface area contributed by atoms with Gasteiger partial charge >= 0.3 is 0 Å². The van der Waals surface area contributed by atoms with Crippen LogP contribution in [-0.4, -0.2) is 38.8 Å². The van der Waals surface area contributed by atoms with Gasteiger partial charge in [0, 0.05) is 6.61 Å². The van der Waals surface area contributed by atoms with E-state index in [1.807, 2.05) is 13.8 Å². The lowest BCUT2D eigenvalue weighted by Crippen LogP contribution is -2.19. The third kappa shape index (κ3) is 12.4. The molecule has 0 fully saturated rings. The molecule has 0 bridgehead atoms. The molecule has 4 heteroatoms. The van der Waals surface area contributed by atoms with E-state index in [2.05, 4.69) is 38.0 Å². The molecule has 0 amide bonds. The van der Waals surface area contributed by atoms with E-state index in [1.54, 1.807) is 0 Å². The van der Waals surface area contributed by atoms with Crippen molar-refractivity contribution in [2.45, 2.75) is 65.6 Å². The summed E-state index contributed by atoms with van der Waals surface area (Å²) in [6.45, 7) is 13.9. The van der Waals surface area contributed by atoms with Gasteiger partial charge in [0.05, 0.1) is 6.61 Å². The molecule has 0 heterocycles. The minimum Gasteiger partial charge on any atom is -0.380 e. The molecule has 0 aromatic carbocycles. The highest BCUT2D eigenvalue weighted by Gasteiger charge is 2.11. The Hall–Kier alpha value is -0.343. The maximum Gasteiger partial charge on any atom is 0.154 e. The van der Waals surface area contributed by atoms with E-state index in [0.29, 0.717) is 25.6 Å². The fourth-order valence-electron chi connectivity index (χ4n) is 1.48. The van der Waals surface area contributed by atoms with E-state index < -0.39 is 14.2 Å². The molecule has 0 saturated heterocycles. The molecule has 19 heavy (non-hydrogen) atoms. The molecule has 1 N–H and O–H groups in total. The highest BCUT2D eigenvalue weighted by molar-refractivity contribution is 6.83. The normalized spacial score (nSPS) is 16.4. The molecular weight excluding hydrogens is 256 g/mol. The molecule has 0 radical (unpaired) electrons. The van der Waals surface area contributed by atoms with Crippen molar-refractivity contribution in [1.82, 2.24) is 0 Å². The molecule has 3 nitrogen and oxygen atoms in total. The van der Waals surface area contributed by atoms with Crippen molar-refractivity contribution in [3.05, 3.63) is 0 Å². The van der Waals surface area contributed by atoms with E-state index in [4.69, 9.17) is 9.47 Å². The van der Waals surface area contributed by atoms with Crippen LogP contribution in [0.4, 0.5) is 0 Å². The minimum absolute atomic E-state index is 0.149. The van der Waals surface area contributed by atoms with E-state index in [9.17, 15) is 5.11 Å². The largest absolute Gasteiger partial charge is 0.380 e. The zero-order chi connectivity index (χ0) is 14.9. The SMILES string of the molecule is CCOC(C)OC[C@@H](C)CC[C@H](O)C#C[Si](C)(C)C. The van der Waals surface area contributed by atoms with Crippen molar-refractivity contribution >= 4 is 8.07 Å². The molecule has 3 atom stereocenters. The van der Waals surface area contributed by atoms with Gasteiger partial charge in [-0.2, -0.15) is 0 Å². The van der Waals surface area contributed by atoms with E-state index in [-0.39, 0.29) is 6.29 Å². The topological polar surface area (TPSA) is 38.7 Å². The van der Waals surface area contributed by atoms with E-state index >= 15 is 0 Å². The summed E-state index contributed by atoms with van der Waals surface area (Å²) >= 11 is 0. The van der Waals surface area contributed by atoms with Gasteiger partial charge in [0.25, 0.3) is 0 Å². The van der Waals surface area contributed by atoms with Crippen LogP contribution >= 0.6 is 0 Å². The first-order valence-electron chi connectivity index (χ1n) is 7.18. The first kappa shape index (κ1) is 18.7. The van der Waals surface area contributed by atoms with Crippen LogP contribution in [-0.2, 0) is 9.47 Å². The third-order valence-corrected chi connectivity index (χ3v) is 3.46. The molecule has 0 spiro atoms. The average Bonchev–Trinajstić information content (AvgIpc) is 2.30. The highest BCUT2D eigenvalue weighted by Crippen LogP contribution is 2.10. The lowest BCUT2D eigenvalue weighted by molar-refractivity contribution is -0.134. The zero-order valence-corrected chi connectivity index (χ0v) is 14.3. The molecular formula is C15H30O3Si. The quantitative estimate of drug-likeness (QED) is 0.423. The van der Waals surface area contributed by atoms with Gasteiger partial charge in [-0.15, -0.1) is 5.54 Å². The van der Waals surface area contributed by atoms with Crippen molar-refractivity contribution in [3.8, 4) is 11.5 Å². The van der Waals surface area contributed by atoms with Crippen LogP contribution in [0.3, 0.4) is 0 Å². The van der Waals surface area contributed by atoms with Crippen LogP contribution in [0.15, 0.2) is 0 Å². The van der Waals surface area contributed by atoms with Gasteiger partial charge in [0.1, 0.15) is 14.2 Å². The van der Waals surface area contributed by atoms with Crippen LogP contribution in [0.25, 0.3) is 0 Å². The van der Waals surface area contributed by atoms with Crippen molar-refractivity contribution < 1.29 is 14.6 Å². The Labute approximate surface area is 119 Å². The van der Waals surface area contributed by atoms with Crippen LogP contribution in [0.1, 0.15) is 33.6 Å². The predicted molar refractivity (Wildman–Crippen MR) is 82.6 cm³/mol. The number of hydrogen-bond donors (Lipinski definition) is 1. The van der Waals surface area contributed by atoms with Crippen LogP contribution in [0, 0.1) is 17.4 Å². The van der Waals surface area contributed by atoms with E-state index in [1.165, 1.54) is 0 Å². The number of ether oxygens (including phenoxy) is 2. The third-order valence-electron chi connectivity index (χ3n) is 2.56. The monoisotopic (exact) mass is 286 g/mol. The second kappa shape index (κ2) is 9.54. The fourth-order valence-corrected chi connectivity index (χ4v) is 2.08. The van der Waals surface area contributed by atoms with Crippen molar-refractivity contribution in [2.75, 3.05) is 13.2 Å². The summed E-state index contributed by atoms with van der Waals surface area (Å²) in [7, 11) is -1.38. The maximum absolute atomic E-state index is 9.81. The number of aliphatic hydroxyl groups is 1. The Morgan fingerprint density at radius 2 is 1.74 bits per heavy atom. The predicted octanol–water partition coefficient (Wildman–Crippen LogP) is 3.04. The van der Waals surface area contributed by atoms with Crippen molar-refractivity contribution in [2.24, 2.45) is 5.92 Å². The molecule has 0 aliphatic rings. The Kier molecular flexibility index (Phi) is 9.37. The lowest BCUT2D eigenvalue weighted by atomic mass is 10.0. The second-order valence-electron chi connectivity index (χ2n) is 6.07. The van der Waals surface area contributed by atoms with Crippen LogP contribution in [0.5, 0.6) is 0 Å². The van der Waals surface area contributed by atoms with E-state index in [0.717, 1.165) is 6.42 Å². The fraction of sp³-hybridized carbons (Fsp3) is 0.867. The van der Waals surface area contributed by atoms with Gasteiger partial charge in [-0.05, 0) is 32.6 Å². The molecule has 0 aliphatic heterocycles. The first-order valence-corrected chi connectivity index (χ1v) is 10.7. The molecule has 0 aromatic heterocycles. The maximum atomic E-state index is 9.81. The van der Waals surface area contributed by atoms with Crippen LogP contribution in [0.2, 0.25) is 19.6 Å². The Morgan fingerprint density at radius 3 is 2.26 bits per heavy atom. The van der Waals surface area contributed by atoms with Gasteiger partial charge in [0.2, 0.25) is 0 Å². The number of aliphatic hydroxyl groups excluding tert-OH is 1. The molecule has 1 unspecified atom stereocenters. The Balaban J connectivity index is 3.83. The first-order chi connectivity index (χ1) is 8.74. The minimum atomic E-state index is -1.38. The molecule has 112 valence electrons. The number of hydrogen-bond acceptors (Lipinski definition) is 3. The zero-order valence-electron chi connectivity index (χ0n) is 13.3. The summed E-state index contributed by atoms with van der Waals surface area (Å²) in [5.41, 5.74) is 3.20. The molecule has 0 saturated carbocycles. The Bertz CT molecular complexity index is 288. The molecule has 0 aliphatic carbocycles.